The predicted octanol–water partition coefficient (Wildman–Crippen LogP) is 3.06. The van der Waals surface area contributed by atoms with E-state index in [0.29, 0.717) is 0 Å². The molecule has 0 spiro atoms. The molecule has 106 valence electrons. The number of rotatable bonds is 6. The van der Waals surface area contributed by atoms with Gasteiger partial charge in [0.1, 0.15) is 0 Å². The lowest BCUT2D eigenvalue weighted by Crippen LogP contribution is -2.38. The van der Waals surface area contributed by atoms with Crippen molar-refractivity contribution in [2.24, 2.45) is 5.92 Å². The Labute approximate surface area is 124 Å². The SMILES string of the molecule is CCCN(Cc1cncc(Br)c1)CC1CCCNC1. The molecule has 1 aliphatic heterocycles. The van der Waals surface area contributed by atoms with Gasteiger partial charge in [0.25, 0.3) is 0 Å². The summed E-state index contributed by atoms with van der Waals surface area (Å²) in [5.41, 5.74) is 1.30. The van der Waals surface area contributed by atoms with Gasteiger partial charge in [-0.2, -0.15) is 0 Å². The van der Waals surface area contributed by atoms with Crippen molar-refractivity contribution in [2.45, 2.75) is 32.7 Å². The first kappa shape index (κ1) is 14.9. The zero-order valence-corrected chi connectivity index (χ0v) is 13.3. The Kier molecular flexibility index (Phi) is 6.28. The lowest BCUT2D eigenvalue weighted by molar-refractivity contribution is 0.201. The van der Waals surface area contributed by atoms with Crippen LogP contribution in [-0.4, -0.2) is 36.1 Å². The highest BCUT2D eigenvalue weighted by Gasteiger charge is 2.16. The van der Waals surface area contributed by atoms with E-state index in [9.17, 15) is 0 Å². The predicted molar refractivity (Wildman–Crippen MR) is 83.1 cm³/mol. The van der Waals surface area contributed by atoms with E-state index in [4.69, 9.17) is 0 Å². The van der Waals surface area contributed by atoms with Crippen LogP contribution in [0.4, 0.5) is 0 Å². The lowest BCUT2D eigenvalue weighted by Gasteiger charge is -2.30. The molecule has 19 heavy (non-hydrogen) atoms. The summed E-state index contributed by atoms with van der Waals surface area (Å²) < 4.78 is 1.07. The van der Waals surface area contributed by atoms with Gasteiger partial charge in [0.05, 0.1) is 0 Å². The van der Waals surface area contributed by atoms with Gasteiger partial charge in [-0.3, -0.25) is 9.88 Å². The molecule has 0 amide bonds. The minimum absolute atomic E-state index is 0.806. The number of halogens is 1. The molecular formula is C15H24BrN3. The molecule has 0 saturated carbocycles. The molecule has 2 rings (SSSR count). The third kappa shape index (κ3) is 5.21. The highest BCUT2D eigenvalue weighted by molar-refractivity contribution is 9.10. The zero-order chi connectivity index (χ0) is 13.5. The van der Waals surface area contributed by atoms with Crippen molar-refractivity contribution < 1.29 is 0 Å². The summed E-state index contributed by atoms with van der Waals surface area (Å²) >= 11 is 3.50. The van der Waals surface area contributed by atoms with Crippen LogP contribution in [0.1, 0.15) is 31.7 Å². The van der Waals surface area contributed by atoms with E-state index < -0.39 is 0 Å². The van der Waals surface area contributed by atoms with Crippen LogP contribution in [0, 0.1) is 5.92 Å². The van der Waals surface area contributed by atoms with Crippen LogP contribution in [-0.2, 0) is 6.54 Å². The first-order valence-corrected chi connectivity index (χ1v) is 8.09. The van der Waals surface area contributed by atoms with Gasteiger partial charge >= 0.3 is 0 Å². The van der Waals surface area contributed by atoms with E-state index in [0.717, 1.165) is 16.9 Å². The second-order valence-corrected chi connectivity index (χ2v) is 6.37. The van der Waals surface area contributed by atoms with Gasteiger partial charge in [0.15, 0.2) is 0 Å². The fourth-order valence-electron chi connectivity index (χ4n) is 2.80. The molecule has 0 aromatic carbocycles. The molecule has 0 radical (unpaired) electrons. The molecule has 1 aromatic rings. The van der Waals surface area contributed by atoms with E-state index in [1.165, 1.54) is 51.0 Å². The number of hydrogen-bond acceptors (Lipinski definition) is 3. The summed E-state index contributed by atoms with van der Waals surface area (Å²) in [7, 11) is 0. The highest BCUT2D eigenvalue weighted by atomic mass is 79.9. The van der Waals surface area contributed by atoms with Crippen LogP contribution in [0.2, 0.25) is 0 Å². The summed E-state index contributed by atoms with van der Waals surface area (Å²) in [5, 5.41) is 3.51. The highest BCUT2D eigenvalue weighted by Crippen LogP contribution is 2.16. The summed E-state index contributed by atoms with van der Waals surface area (Å²) in [6.07, 6.45) is 7.72. The molecule has 1 atom stereocenters. The third-order valence-electron chi connectivity index (χ3n) is 3.62. The third-order valence-corrected chi connectivity index (χ3v) is 4.06. The Balaban J connectivity index is 1.91. The molecule has 0 bridgehead atoms. The first-order chi connectivity index (χ1) is 9.28. The molecule has 1 saturated heterocycles. The molecule has 4 heteroatoms. The normalized spacial score (nSPS) is 19.8. The van der Waals surface area contributed by atoms with Crippen LogP contribution in [0.3, 0.4) is 0 Å². The van der Waals surface area contributed by atoms with Crippen LogP contribution >= 0.6 is 15.9 Å². The quantitative estimate of drug-likeness (QED) is 0.871. The topological polar surface area (TPSA) is 28.2 Å². The van der Waals surface area contributed by atoms with E-state index >= 15 is 0 Å². The van der Waals surface area contributed by atoms with Crippen LogP contribution in [0.25, 0.3) is 0 Å². The van der Waals surface area contributed by atoms with Crippen LogP contribution < -0.4 is 5.32 Å². The molecule has 3 nitrogen and oxygen atoms in total. The molecule has 0 aliphatic carbocycles. The van der Waals surface area contributed by atoms with E-state index in [2.05, 4.69) is 44.1 Å². The van der Waals surface area contributed by atoms with Gasteiger partial charge in [-0.1, -0.05) is 6.92 Å². The van der Waals surface area contributed by atoms with Gasteiger partial charge < -0.3 is 5.32 Å². The smallest absolute Gasteiger partial charge is 0.0410 e. The minimum Gasteiger partial charge on any atom is -0.316 e. The van der Waals surface area contributed by atoms with Crippen molar-refractivity contribution in [3.63, 3.8) is 0 Å². The van der Waals surface area contributed by atoms with E-state index in [-0.39, 0.29) is 0 Å². The van der Waals surface area contributed by atoms with Crippen LogP contribution in [0.5, 0.6) is 0 Å². The standard InChI is InChI=1S/C15H24BrN3/c1-2-6-19(11-13-4-3-5-17-8-13)12-14-7-15(16)10-18-9-14/h7,9-10,13,17H,2-6,8,11-12H2,1H3. The fourth-order valence-corrected chi connectivity index (χ4v) is 3.21. The van der Waals surface area contributed by atoms with Crippen molar-refractivity contribution in [3.05, 3.63) is 28.5 Å². The Morgan fingerprint density at radius 3 is 3.05 bits per heavy atom. The van der Waals surface area contributed by atoms with Crippen molar-refractivity contribution in [3.8, 4) is 0 Å². The van der Waals surface area contributed by atoms with Crippen molar-refractivity contribution >= 4 is 15.9 Å². The second kappa shape index (κ2) is 7.98. The zero-order valence-electron chi connectivity index (χ0n) is 11.7. The average molecular weight is 326 g/mol. The first-order valence-electron chi connectivity index (χ1n) is 7.30. The Hall–Kier alpha value is -0.450. The summed E-state index contributed by atoms with van der Waals surface area (Å²) in [4.78, 5) is 6.83. The Bertz CT molecular complexity index is 377. The number of nitrogens with one attached hydrogen (secondary N) is 1. The van der Waals surface area contributed by atoms with Gasteiger partial charge in [-0.25, -0.2) is 0 Å². The van der Waals surface area contributed by atoms with Crippen molar-refractivity contribution in [1.29, 1.82) is 0 Å². The molecule has 1 unspecified atom stereocenters. The number of pyridine rings is 1. The second-order valence-electron chi connectivity index (χ2n) is 5.46. The van der Waals surface area contributed by atoms with Gasteiger partial charge in [-0.15, -0.1) is 0 Å². The monoisotopic (exact) mass is 325 g/mol. The molecule has 1 aliphatic rings. The van der Waals surface area contributed by atoms with Gasteiger partial charge in [-0.05, 0) is 72.4 Å². The van der Waals surface area contributed by atoms with Gasteiger partial charge in [0, 0.05) is 30.0 Å². The van der Waals surface area contributed by atoms with E-state index in [1.54, 1.807) is 0 Å². The summed E-state index contributed by atoms with van der Waals surface area (Å²) in [6.45, 7) is 8.01. The minimum atomic E-state index is 0.806. The maximum absolute atomic E-state index is 4.26. The maximum atomic E-state index is 4.26. The molecule has 1 N–H and O–H groups in total. The summed E-state index contributed by atoms with van der Waals surface area (Å²) in [5.74, 6) is 0.806. The largest absolute Gasteiger partial charge is 0.316 e. The molecule has 1 aromatic heterocycles. The van der Waals surface area contributed by atoms with Crippen LogP contribution in [0.15, 0.2) is 22.9 Å². The Morgan fingerprint density at radius 1 is 1.47 bits per heavy atom. The average Bonchev–Trinajstić information content (AvgIpc) is 2.40. The number of aromatic nitrogens is 1. The number of hydrogen-bond donors (Lipinski definition) is 1. The van der Waals surface area contributed by atoms with Crippen molar-refractivity contribution in [2.75, 3.05) is 26.2 Å². The molecule has 2 heterocycles. The van der Waals surface area contributed by atoms with Crippen molar-refractivity contribution in [1.82, 2.24) is 15.2 Å². The van der Waals surface area contributed by atoms with E-state index in [1.807, 2.05) is 12.4 Å². The number of piperidine rings is 1. The lowest BCUT2D eigenvalue weighted by atomic mass is 9.99. The molecule has 1 fully saturated rings. The van der Waals surface area contributed by atoms with Gasteiger partial charge in [0.2, 0.25) is 0 Å². The molecular weight excluding hydrogens is 302 g/mol. The number of nitrogens with zero attached hydrogens (tertiary/aromatic N) is 2. The summed E-state index contributed by atoms with van der Waals surface area (Å²) in [6, 6.07) is 2.18. The maximum Gasteiger partial charge on any atom is 0.0410 e. The fraction of sp³-hybridized carbons (Fsp3) is 0.667. The Morgan fingerprint density at radius 2 is 2.37 bits per heavy atom.